The quantitative estimate of drug-likeness (QED) is 0.874. The molecule has 1 aromatic heterocycles. The summed E-state index contributed by atoms with van der Waals surface area (Å²) in [5.74, 6) is -0.159. The van der Waals surface area contributed by atoms with Gasteiger partial charge in [-0.25, -0.2) is 8.42 Å². The standard InChI is InChI=1S/C13H15N3O3S/c1-16-11-5-3-2-4-10(11)12(15-16)13(17)14-9-6-7-20(18,19)8-9/h2-5,9H,6-8H2,1H3,(H,14,17). The van der Waals surface area contributed by atoms with Crippen LogP contribution < -0.4 is 5.32 Å². The molecule has 0 spiro atoms. The highest BCUT2D eigenvalue weighted by molar-refractivity contribution is 7.91. The van der Waals surface area contributed by atoms with E-state index >= 15 is 0 Å². The van der Waals surface area contributed by atoms with Crippen LogP contribution in [0.15, 0.2) is 24.3 Å². The second-order valence-corrected chi connectivity index (χ2v) is 7.29. The SMILES string of the molecule is Cn1nc(C(=O)NC2CCS(=O)(=O)C2)c2ccccc21. The van der Waals surface area contributed by atoms with Crippen LogP contribution in [0.25, 0.3) is 10.9 Å². The molecule has 2 aromatic rings. The molecule has 1 fully saturated rings. The van der Waals surface area contributed by atoms with Gasteiger partial charge in [0.1, 0.15) is 0 Å². The zero-order chi connectivity index (χ0) is 14.3. The Balaban J connectivity index is 1.87. The summed E-state index contributed by atoms with van der Waals surface area (Å²) in [6.07, 6.45) is 0.471. The third kappa shape index (κ3) is 2.29. The van der Waals surface area contributed by atoms with E-state index < -0.39 is 9.84 Å². The van der Waals surface area contributed by atoms with E-state index in [1.54, 1.807) is 11.7 Å². The van der Waals surface area contributed by atoms with Crippen molar-refractivity contribution in [3.63, 3.8) is 0 Å². The van der Waals surface area contributed by atoms with Crippen molar-refractivity contribution in [3.05, 3.63) is 30.0 Å². The highest BCUT2D eigenvalue weighted by atomic mass is 32.2. The first-order valence-corrected chi connectivity index (χ1v) is 8.21. The summed E-state index contributed by atoms with van der Waals surface area (Å²) in [6.45, 7) is 0. The van der Waals surface area contributed by atoms with E-state index in [1.807, 2.05) is 24.3 Å². The summed E-state index contributed by atoms with van der Waals surface area (Å²) in [6, 6.07) is 7.14. The van der Waals surface area contributed by atoms with Crippen molar-refractivity contribution in [2.45, 2.75) is 12.5 Å². The Kier molecular flexibility index (Phi) is 3.01. The number of hydrogen-bond donors (Lipinski definition) is 1. The molecule has 1 aromatic carbocycles. The molecule has 0 aliphatic carbocycles. The molecular weight excluding hydrogens is 278 g/mol. The molecule has 0 bridgehead atoms. The molecule has 1 amide bonds. The minimum Gasteiger partial charge on any atom is -0.347 e. The van der Waals surface area contributed by atoms with Crippen molar-refractivity contribution in [2.75, 3.05) is 11.5 Å². The van der Waals surface area contributed by atoms with Gasteiger partial charge in [0.05, 0.1) is 17.0 Å². The molecular formula is C13H15N3O3S. The Morgan fingerprint density at radius 3 is 2.85 bits per heavy atom. The van der Waals surface area contributed by atoms with Gasteiger partial charge in [0, 0.05) is 18.5 Å². The first kappa shape index (κ1) is 13.1. The van der Waals surface area contributed by atoms with Crippen LogP contribution >= 0.6 is 0 Å². The van der Waals surface area contributed by atoms with E-state index in [0.29, 0.717) is 12.1 Å². The van der Waals surface area contributed by atoms with E-state index in [4.69, 9.17) is 0 Å². The number of benzene rings is 1. The normalized spacial score (nSPS) is 21.1. The van der Waals surface area contributed by atoms with Crippen molar-refractivity contribution in [3.8, 4) is 0 Å². The summed E-state index contributed by atoms with van der Waals surface area (Å²) < 4.78 is 24.5. The molecule has 3 rings (SSSR count). The average Bonchev–Trinajstić information content (AvgIpc) is 2.91. The number of aromatic nitrogens is 2. The molecule has 1 saturated heterocycles. The van der Waals surface area contributed by atoms with E-state index in [2.05, 4.69) is 10.4 Å². The lowest BCUT2D eigenvalue weighted by Crippen LogP contribution is -2.35. The van der Waals surface area contributed by atoms with E-state index in [0.717, 1.165) is 10.9 Å². The fraction of sp³-hybridized carbons (Fsp3) is 0.385. The Bertz CT molecular complexity index is 779. The van der Waals surface area contributed by atoms with Crippen molar-refractivity contribution < 1.29 is 13.2 Å². The molecule has 2 heterocycles. The van der Waals surface area contributed by atoms with E-state index in [9.17, 15) is 13.2 Å². The summed E-state index contributed by atoms with van der Waals surface area (Å²) in [5, 5.41) is 7.76. The van der Waals surface area contributed by atoms with Crippen LogP contribution in [-0.4, -0.2) is 41.7 Å². The number of rotatable bonds is 2. The van der Waals surface area contributed by atoms with Crippen LogP contribution in [-0.2, 0) is 16.9 Å². The largest absolute Gasteiger partial charge is 0.347 e. The molecule has 0 radical (unpaired) electrons. The summed E-state index contributed by atoms with van der Waals surface area (Å²) >= 11 is 0. The first-order chi connectivity index (χ1) is 9.46. The number of para-hydroxylation sites is 1. The molecule has 1 atom stereocenters. The Labute approximate surface area is 116 Å². The molecule has 1 unspecified atom stereocenters. The number of nitrogens with one attached hydrogen (secondary N) is 1. The fourth-order valence-corrected chi connectivity index (χ4v) is 4.22. The topological polar surface area (TPSA) is 81.1 Å². The minimum absolute atomic E-state index is 0.0174. The van der Waals surface area contributed by atoms with Gasteiger partial charge in [-0.3, -0.25) is 9.48 Å². The van der Waals surface area contributed by atoms with Gasteiger partial charge in [-0.15, -0.1) is 0 Å². The van der Waals surface area contributed by atoms with Crippen LogP contribution in [0.4, 0.5) is 0 Å². The van der Waals surface area contributed by atoms with Gasteiger partial charge >= 0.3 is 0 Å². The lowest BCUT2D eigenvalue weighted by Gasteiger charge is -2.09. The van der Waals surface area contributed by atoms with Gasteiger partial charge < -0.3 is 5.32 Å². The van der Waals surface area contributed by atoms with Crippen LogP contribution in [0.3, 0.4) is 0 Å². The lowest BCUT2D eigenvalue weighted by atomic mass is 10.2. The van der Waals surface area contributed by atoms with Crippen molar-refractivity contribution in [1.29, 1.82) is 0 Å². The number of fused-ring (bicyclic) bond motifs is 1. The third-order valence-corrected chi connectivity index (χ3v) is 5.31. The summed E-state index contributed by atoms with van der Waals surface area (Å²) in [5.41, 5.74) is 1.21. The molecule has 7 heteroatoms. The fourth-order valence-electron chi connectivity index (χ4n) is 2.54. The molecule has 20 heavy (non-hydrogen) atoms. The number of sulfone groups is 1. The monoisotopic (exact) mass is 293 g/mol. The first-order valence-electron chi connectivity index (χ1n) is 6.39. The highest BCUT2D eigenvalue weighted by Crippen LogP contribution is 2.18. The molecule has 1 aliphatic heterocycles. The average molecular weight is 293 g/mol. The van der Waals surface area contributed by atoms with E-state index in [1.165, 1.54) is 0 Å². The maximum absolute atomic E-state index is 12.3. The van der Waals surface area contributed by atoms with Gasteiger partial charge in [-0.05, 0) is 12.5 Å². The number of amides is 1. The van der Waals surface area contributed by atoms with Crippen molar-refractivity contribution >= 4 is 26.6 Å². The lowest BCUT2D eigenvalue weighted by molar-refractivity contribution is 0.0937. The van der Waals surface area contributed by atoms with Gasteiger partial charge in [0.15, 0.2) is 15.5 Å². The number of carbonyl (C=O) groups is 1. The van der Waals surface area contributed by atoms with Crippen molar-refractivity contribution in [2.24, 2.45) is 7.05 Å². The Hall–Kier alpha value is -1.89. The summed E-state index contributed by atoms with van der Waals surface area (Å²) in [7, 11) is -1.22. The second-order valence-electron chi connectivity index (χ2n) is 5.06. The second kappa shape index (κ2) is 4.59. The van der Waals surface area contributed by atoms with Gasteiger partial charge in [0.2, 0.25) is 0 Å². The van der Waals surface area contributed by atoms with Gasteiger partial charge in [-0.2, -0.15) is 5.10 Å². The van der Waals surface area contributed by atoms with Crippen LogP contribution in [0, 0.1) is 0 Å². The molecule has 0 saturated carbocycles. The Morgan fingerprint density at radius 1 is 1.40 bits per heavy atom. The summed E-state index contributed by atoms with van der Waals surface area (Å²) in [4.78, 5) is 12.3. The molecule has 1 aliphatic rings. The predicted molar refractivity (Wildman–Crippen MR) is 75.2 cm³/mol. The number of hydrogen-bond acceptors (Lipinski definition) is 4. The Morgan fingerprint density at radius 2 is 2.15 bits per heavy atom. The molecule has 106 valence electrons. The minimum atomic E-state index is -3.00. The van der Waals surface area contributed by atoms with Crippen LogP contribution in [0.2, 0.25) is 0 Å². The zero-order valence-electron chi connectivity index (χ0n) is 11.0. The van der Waals surface area contributed by atoms with Gasteiger partial charge in [0.25, 0.3) is 5.91 Å². The molecule has 6 nitrogen and oxygen atoms in total. The van der Waals surface area contributed by atoms with Crippen LogP contribution in [0.1, 0.15) is 16.9 Å². The highest BCUT2D eigenvalue weighted by Gasteiger charge is 2.30. The van der Waals surface area contributed by atoms with Crippen molar-refractivity contribution in [1.82, 2.24) is 15.1 Å². The number of carbonyl (C=O) groups excluding carboxylic acids is 1. The van der Waals surface area contributed by atoms with Crippen LogP contribution in [0.5, 0.6) is 0 Å². The number of nitrogens with zero attached hydrogens (tertiary/aromatic N) is 2. The zero-order valence-corrected chi connectivity index (χ0v) is 11.9. The third-order valence-electron chi connectivity index (χ3n) is 3.54. The van der Waals surface area contributed by atoms with E-state index in [-0.39, 0.29) is 23.5 Å². The smallest absolute Gasteiger partial charge is 0.272 e. The maximum Gasteiger partial charge on any atom is 0.272 e. The predicted octanol–water partition coefficient (Wildman–Crippen LogP) is 0.490. The maximum atomic E-state index is 12.3. The number of aryl methyl sites for hydroxylation is 1. The van der Waals surface area contributed by atoms with Gasteiger partial charge in [-0.1, -0.05) is 18.2 Å². The molecule has 1 N–H and O–H groups in total.